The van der Waals surface area contributed by atoms with Crippen LogP contribution in [0.1, 0.15) is 23.3 Å². The van der Waals surface area contributed by atoms with Gasteiger partial charge in [0.2, 0.25) is 0 Å². The molecular weight excluding hydrogens is 282 g/mol. The molecule has 0 radical (unpaired) electrons. The van der Waals surface area contributed by atoms with Crippen LogP contribution >= 0.6 is 11.3 Å². The number of nitrogens with zero attached hydrogens (tertiary/aromatic N) is 3. The second-order valence-electron chi connectivity index (χ2n) is 6.17. The van der Waals surface area contributed by atoms with Crippen molar-refractivity contribution in [2.75, 3.05) is 38.7 Å². The Balaban J connectivity index is 1.66. The quantitative estimate of drug-likeness (QED) is 0.858. The van der Waals surface area contributed by atoms with Crippen molar-refractivity contribution in [2.24, 2.45) is 0 Å². The van der Waals surface area contributed by atoms with E-state index in [0.717, 1.165) is 23.7 Å². The number of thiophene rings is 1. The van der Waals surface area contributed by atoms with Crippen molar-refractivity contribution in [3.05, 3.63) is 16.8 Å². The first-order valence-corrected chi connectivity index (χ1v) is 8.71. The Bertz CT molecular complexity index is 645. The molecule has 1 aliphatic heterocycles. The molecule has 0 aromatic carbocycles. The Hall–Kier alpha value is -1.24. The van der Waals surface area contributed by atoms with Crippen LogP contribution in [0.25, 0.3) is 10.2 Å². The fraction of sp³-hybridized carbons (Fsp3) is 0.600. The monoisotopic (exact) mass is 304 g/mol. The van der Waals surface area contributed by atoms with Gasteiger partial charge in [-0.05, 0) is 31.2 Å². The van der Waals surface area contributed by atoms with Gasteiger partial charge in [0.15, 0.2) is 5.82 Å². The third kappa shape index (κ3) is 2.52. The van der Waals surface area contributed by atoms with E-state index in [1.165, 1.54) is 54.6 Å². The van der Waals surface area contributed by atoms with E-state index in [2.05, 4.69) is 27.5 Å². The van der Waals surface area contributed by atoms with E-state index in [4.69, 9.17) is 0 Å². The average Bonchev–Trinajstić information content (AvgIpc) is 2.89. The summed E-state index contributed by atoms with van der Waals surface area (Å²) in [5.41, 5.74) is 5.06. The summed E-state index contributed by atoms with van der Waals surface area (Å²) in [7, 11) is 2.26. The van der Waals surface area contributed by atoms with Crippen LogP contribution < -0.4 is 10.3 Å². The minimum Gasteiger partial charge on any atom is -0.335 e. The highest BCUT2D eigenvalue weighted by atomic mass is 32.1. The number of hydrogen-bond donors (Lipinski definition) is 2. The minimum atomic E-state index is 1.01. The molecule has 0 amide bonds. The van der Waals surface area contributed by atoms with Crippen LogP contribution in [0.2, 0.25) is 0 Å². The Morgan fingerprint density at radius 3 is 2.86 bits per heavy atom. The number of nitrogens with one attached hydrogen (secondary N) is 2. The van der Waals surface area contributed by atoms with Gasteiger partial charge in [-0.2, -0.15) is 0 Å². The number of fused-ring (bicyclic) bond motifs is 3. The number of hydrazine groups is 1. The van der Waals surface area contributed by atoms with E-state index < -0.39 is 0 Å². The maximum absolute atomic E-state index is 4.54. The third-order valence-electron chi connectivity index (χ3n) is 4.63. The molecule has 3 heterocycles. The Labute approximate surface area is 129 Å². The predicted molar refractivity (Wildman–Crippen MR) is 85.9 cm³/mol. The number of rotatable bonds is 2. The molecule has 1 saturated heterocycles. The van der Waals surface area contributed by atoms with Gasteiger partial charge in [0.1, 0.15) is 11.2 Å². The molecule has 1 aliphatic carbocycles. The van der Waals surface area contributed by atoms with Gasteiger partial charge in [-0.3, -0.25) is 0 Å². The van der Waals surface area contributed by atoms with Crippen molar-refractivity contribution in [3.8, 4) is 0 Å². The number of anilines is 1. The maximum Gasteiger partial charge on any atom is 0.152 e. The molecule has 0 unspecified atom stereocenters. The highest BCUT2D eigenvalue weighted by Gasteiger charge is 2.22. The number of aryl methyl sites for hydroxylation is 2. The maximum atomic E-state index is 4.54. The van der Waals surface area contributed by atoms with Gasteiger partial charge < -0.3 is 10.3 Å². The first kappa shape index (κ1) is 13.4. The lowest BCUT2D eigenvalue weighted by molar-refractivity contribution is -0.884. The molecule has 2 N–H and O–H groups in total. The zero-order valence-corrected chi connectivity index (χ0v) is 13.3. The molecule has 0 saturated carbocycles. The van der Waals surface area contributed by atoms with Gasteiger partial charge in [0.05, 0.1) is 38.6 Å². The molecule has 5 nitrogen and oxygen atoms in total. The normalized spacial score (nSPS) is 20.6. The summed E-state index contributed by atoms with van der Waals surface area (Å²) in [6.07, 6.45) is 6.72. The largest absolute Gasteiger partial charge is 0.335 e. The SMILES string of the molecule is C[NH+]1CCN(Nc2ncnc3sc4c(c23)CCCC4)CC1. The third-order valence-corrected chi connectivity index (χ3v) is 5.83. The molecule has 4 rings (SSSR count). The average molecular weight is 304 g/mol. The molecule has 2 aromatic heterocycles. The molecule has 0 atom stereocenters. The highest BCUT2D eigenvalue weighted by molar-refractivity contribution is 7.19. The second kappa shape index (κ2) is 5.51. The zero-order chi connectivity index (χ0) is 14.2. The van der Waals surface area contributed by atoms with Crippen LogP contribution in [0.3, 0.4) is 0 Å². The van der Waals surface area contributed by atoms with E-state index in [9.17, 15) is 0 Å². The Morgan fingerprint density at radius 2 is 2.00 bits per heavy atom. The number of quaternary nitrogens is 1. The molecule has 21 heavy (non-hydrogen) atoms. The van der Waals surface area contributed by atoms with Gasteiger partial charge in [-0.15, -0.1) is 11.3 Å². The first-order chi connectivity index (χ1) is 10.3. The van der Waals surface area contributed by atoms with E-state index in [1.54, 1.807) is 11.2 Å². The van der Waals surface area contributed by atoms with Crippen molar-refractivity contribution in [3.63, 3.8) is 0 Å². The summed E-state index contributed by atoms with van der Waals surface area (Å²) in [6, 6.07) is 0. The zero-order valence-electron chi connectivity index (χ0n) is 12.5. The molecule has 1 fully saturated rings. The lowest BCUT2D eigenvalue weighted by Crippen LogP contribution is -3.12. The van der Waals surface area contributed by atoms with Gasteiger partial charge in [-0.25, -0.2) is 15.0 Å². The van der Waals surface area contributed by atoms with Crippen LogP contribution in [0.15, 0.2) is 6.33 Å². The van der Waals surface area contributed by atoms with Crippen molar-refractivity contribution >= 4 is 27.4 Å². The summed E-state index contributed by atoms with van der Waals surface area (Å²) in [5, 5.41) is 3.59. The Morgan fingerprint density at radius 1 is 1.19 bits per heavy atom. The number of piperazine rings is 1. The van der Waals surface area contributed by atoms with E-state index in [1.807, 2.05) is 11.3 Å². The molecule has 2 aliphatic rings. The lowest BCUT2D eigenvalue weighted by atomic mass is 9.97. The van der Waals surface area contributed by atoms with Gasteiger partial charge in [0, 0.05) is 4.88 Å². The Kier molecular flexibility index (Phi) is 3.52. The summed E-state index contributed by atoms with van der Waals surface area (Å²) >= 11 is 1.86. The topological polar surface area (TPSA) is 45.5 Å². The van der Waals surface area contributed by atoms with E-state index in [0.29, 0.717) is 0 Å². The highest BCUT2D eigenvalue weighted by Crippen LogP contribution is 2.38. The number of likely N-dealkylation sites (N-methyl/N-ethyl adjacent to an activating group) is 1. The van der Waals surface area contributed by atoms with Crippen molar-refractivity contribution < 1.29 is 4.90 Å². The molecule has 0 spiro atoms. The number of aromatic nitrogens is 2. The van der Waals surface area contributed by atoms with Gasteiger partial charge >= 0.3 is 0 Å². The van der Waals surface area contributed by atoms with Gasteiger partial charge in [-0.1, -0.05) is 0 Å². The molecule has 2 aromatic rings. The fourth-order valence-electron chi connectivity index (χ4n) is 3.32. The summed E-state index contributed by atoms with van der Waals surface area (Å²) in [4.78, 5) is 13.3. The first-order valence-electron chi connectivity index (χ1n) is 7.89. The molecule has 112 valence electrons. The van der Waals surface area contributed by atoms with E-state index >= 15 is 0 Å². The minimum absolute atomic E-state index is 1.01. The van der Waals surface area contributed by atoms with Crippen LogP contribution in [0.4, 0.5) is 5.82 Å². The lowest BCUT2D eigenvalue weighted by Gasteiger charge is -2.30. The van der Waals surface area contributed by atoms with Crippen LogP contribution in [0, 0.1) is 0 Å². The van der Waals surface area contributed by atoms with Crippen LogP contribution in [-0.2, 0) is 12.8 Å². The summed E-state index contributed by atoms with van der Waals surface area (Å²) in [5.74, 6) is 1.01. The molecule has 6 heteroatoms. The fourth-order valence-corrected chi connectivity index (χ4v) is 4.55. The van der Waals surface area contributed by atoms with Crippen molar-refractivity contribution in [2.45, 2.75) is 25.7 Å². The standard InChI is InChI=1S/C15H21N5S/c1-19-6-8-20(9-7-19)18-14-13-11-4-2-3-5-12(11)21-15(13)17-10-16-14/h10H,2-9H2,1H3,(H,16,17,18)/p+1. The molecule has 0 bridgehead atoms. The number of hydrogen-bond acceptors (Lipinski definition) is 5. The second-order valence-corrected chi connectivity index (χ2v) is 7.25. The smallest absolute Gasteiger partial charge is 0.152 e. The summed E-state index contributed by atoms with van der Waals surface area (Å²) < 4.78 is 0. The summed E-state index contributed by atoms with van der Waals surface area (Å²) in [6.45, 7) is 4.51. The van der Waals surface area contributed by atoms with Gasteiger partial charge in [0.25, 0.3) is 0 Å². The van der Waals surface area contributed by atoms with Crippen LogP contribution in [-0.4, -0.2) is 48.2 Å². The molecular formula is C15H22N5S+. The van der Waals surface area contributed by atoms with Crippen molar-refractivity contribution in [1.29, 1.82) is 0 Å². The van der Waals surface area contributed by atoms with Crippen molar-refractivity contribution in [1.82, 2.24) is 15.0 Å². The predicted octanol–water partition coefficient (Wildman–Crippen LogP) is 0.727. The van der Waals surface area contributed by atoms with E-state index in [-0.39, 0.29) is 0 Å². The van der Waals surface area contributed by atoms with Crippen LogP contribution in [0.5, 0.6) is 0 Å².